The van der Waals surface area contributed by atoms with E-state index in [4.69, 9.17) is 18.9 Å². The first-order valence-electron chi connectivity index (χ1n) is 30.2. The van der Waals surface area contributed by atoms with E-state index in [0.29, 0.717) is 12.8 Å². The lowest BCUT2D eigenvalue weighted by Gasteiger charge is -2.46. The molecule has 2 heterocycles. The van der Waals surface area contributed by atoms with Gasteiger partial charge in [0, 0.05) is 6.42 Å². The summed E-state index contributed by atoms with van der Waals surface area (Å²) in [5.74, 6) is -0.806. The molecular weight excluding hydrogens is 967 g/mol. The van der Waals surface area contributed by atoms with E-state index in [1.165, 1.54) is 154 Å². The normalized spacial score (nSPS) is 26.4. The molecule has 0 aromatic carbocycles. The molecule has 0 aromatic rings. The van der Waals surface area contributed by atoms with E-state index >= 15 is 0 Å². The van der Waals surface area contributed by atoms with E-state index in [1.54, 1.807) is 0 Å². The Hall–Kier alpha value is -1.39. The van der Waals surface area contributed by atoms with Crippen molar-refractivity contribution in [3.63, 3.8) is 0 Å². The standard InChI is InChI=1S/C58H111NO16/c1-3-5-7-9-11-13-15-17-19-20-21-22-23-24-26-27-29-31-33-35-37-44(62)47(65)39-46(64)43(59-56(71)45(63)38-36-34-32-30-28-25-18-16-14-12-10-8-6-4-2)42-72-57-54(70)55(51(67)49(41-61)73-57)75-58-53(69)52(68)50(66)48(40-60)74-58/h31,33,43-55,57-58,60-70H,3-30,32,34-42H2,1-2H3,(H,59,71). The molecule has 2 aliphatic rings. The fraction of sp³-hybridized carbons (Fsp3) is 0.948. The van der Waals surface area contributed by atoms with Gasteiger partial charge in [0.15, 0.2) is 12.6 Å². The van der Waals surface area contributed by atoms with Gasteiger partial charge in [-0.3, -0.25) is 4.79 Å². The molecule has 12 N–H and O–H groups in total. The van der Waals surface area contributed by atoms with Crippen molar-refractivity contribution in [2.75, 3.05) is 19.8 Å². The second-order valence-corrected chi connectivity index (χ2v) is 21.9. The summed E-state index contributed by atoms with van der Waals surface area (Å²) in [5.41, 5.74) is 0. The second-order valence-electron chi connectivity index (χ2n) is 21.9. The zero-order valence-electron chi connectivity index (χ0n) is 46.6. The van der Waals surface area contributed by atoms with E-state index in [1.807, 2.05) is 6.08 Å². The summed E-state index contributed by atoms with van der Waals surface area (Å²) in [6.45, 7) is 2.34. The molecule has 2 fully saturated rings. The largest absolute Gasteiger partial charge is 0.394 e. The molecule has 75 heavy (non-hydrogen) atoms. The zero-order valence-corrected chi connectivity index (χ0v) is 46.6. The molecule has 2 aliphatic heterocycles. The lowest BCUT2D eigenvalue weighted by Crippen LogP contribution is -2.65. The first-order chi connectivity index (χ1) is 36.3. The van der Waals surface area contributed by atoms with Gasteiger partial charge in [0.05, 0.1) is 44.2 Å². The smallest absolute Gasteiger partial charge is 0.249 e. The Morgan fingerprint density at radius 2 is 0.907 bits per heavy atom. The van der Waals surface area contributed by atoms with Crippen LogP contribution >= 0.6 is 0 Å². The van der Waals surface area contributed by atoms with Crippen LogP contribution in [-0.2, 0) is 23.7 Å². The van der Waals surface area contributed by atoms with E-state index < -0.39 is 124 Å². The van der Waals surface area contributed by atoms with Gasteiger partial charge in [0.25, 0.3) is 0 Å². The number of hydrogen-bond acceptors (Lipinski definition) is 16. The average Bonchev–Trinajstić information content (AvgIpc) is 3.40. The molecule has 0 aromatic heterocycles. The van der Waals surface area contributed by atoms with Gasteiger partial charge in [-0.1, -0.05) is 212 Å². The summed E-state index contributed by atoms with van der Waals surface area (Å²) in [6, 6.07) is -1.33. The summed E-state index contributed by atoms with van der Waals surface area (Å²) in [5, 5.41) is 120. The maximum atomic E-state index is 13.4. The van der Waals surface area contributed by atoms with Crippen molar-refractivity contribution in [1.29, 1.82) is 0 Å². The highest BCUT2D eigenvalue weighted by atomic mass is 16.7. The molecule has 17 heteroatoms. The third-order valence-corrected chi connectivity index (χ3v) is 15.3. The highest BCUT2D eigenvalue weighted by molar-refractivity contribution is 5.80. The Morgan fingerprint density at radius 1 is 0.480 bits per heavy atom. The number of rotatable bonds is 48. The number of ether oxygens (including phenoxy) is 4. The van der Waals surface area contributed by atoms with Crippen LogP contribution in [0.1, 0.15) is 239 Å². The minimum atomic E-state index is -1.88. The van der Waals surface area contributed by atoms with Crippen LogP contribution in [0.25, 0.3) is 0 Å². The molecule has 2 saturated heterocycles. The van der Waals surface area contributed by atoms with Crippen molar-refractivity contribution in [1.82, 2.24) is 5.32 Å². The number of unbranched alkanes of at least 4 members (excludes halogenated alkanes) is 29. The quantitative estimate of drug-likeness (QED) is 0.0220. The van der Waals surface area contributed by atoms with Crippen LogP contribution in [0.3, 0.4) is 0 Å². The number of nitrogens with one attached hydrogen (secondary N) is 1. The minimum absolute atomic E-state index is 0.166. The van der Waals surface area contributed by atoms with Gasteiger partial charge in [0.1, 0.15) is 54.9 Å². The van der Waals surface area contributed by atoms with Crippen LogP contribution in [0.2, 0.25) is 0 Å². The van der Waals surface area contributed by atoms with Crippen LogP contribution in [-0.4, -0.2) is 174 Å². The SMILES string of the molecule is CCCCCCCCCCCCCCCCCCC=CCCC(O)C(O)CC(O)C(COC1OC(CO)C(O)C(OC2OC(CO)C(O)C(O)C2O)C1O)NC(=O)C(O)CCCCCCCCCCCCCCCC. The van der Waals surface area contributed by atoms with E-state index in [0.717, 1.165) is 38.5 Å². The maximum absolute atomic E-state index is 13.4. The molecular formula is C58H111NO16. The van der Waals surface area contributed by atoms with Gasteiger partial charge in [-0.2, -0.15) is 0 Å². The second kappa shape index (κ2) is 44.4. The Kier molecular flexibility index (Phi) is 41.2. The molecule has 0 radical (unpaired) electrons. The molecule has 17 nitrogen and oxygen atoms in total. The number of carbonyl (C=O) groups excluding carboxylic acids is 1. The monoisotopic (exact) mass is 1080 g/mol. The lowest BCUT2D eigenvalue weighted by atomic mass is 9.96. The van der Waals surface area contributed by atoms with Gasteiger partial charge in [-0.15, -0.1) is 0 Å². The number of aliphatic hydroxyl groups excluding tert-OH is 11. The van der Waals surface area contributed by atoms with E-state index in [2.05, 4.69) is 25.2 Å². The summed E-state index contributed by atoms with van der Waals surface area (Å²) < 4.78 is 22.6. The molecule has 0 aliphatic carbocycles. The lowest BCUT2D eigenvalue weighted by molar-refractivity contribution is -0.360. The Balaban J connectivity index is 1.89. The third-order valence-electron chi connectivity index (χ3n) is 15.3. The number of hydrogen-bond donors (Lipinski definition) is 12. The fourth-order valence-electron chi connectivity index (χ4n) is 10.2. The summed E-state index contributed by atoms with van der Waals surface area (Å²) in [7, 11) is 0. The van der Waals surface area contributed by atoms with Crippen LogP contribution in [0.15, 0.2) is 12.2 Å². The fourth-order valence-corrected chi connectivity index (χ4v) is 10.2. The van der Waals surface area contributed by atoms with Gasteiger partial charge in [0.2, 0.25) is 5.91 Å². The predicted octanol–water partition coefficient (Wildman–Crippen LogP) is 6.81. The first kappa shape index (κ1) is 69.7. The summed E-state index contributed by atoms with van der Waals surface area (Å²) >= 11 is 0. The Bertz CT molecular complexity index is 1370. The molecule has 0 saturated carbocycles. The topological polar surface area (TPSA) is 289 Å². The average molecular weight is 1080 g/mol. The molecule has 1 amide bonds. The molecule has 15 unspecified atom stereocenters. The number of amides is 1. The number of aliphatic hydroxyl groups is 11. The van der Waals surface area contributed by atoms with Gasteiger partial charge >= 0.3 is 0 Å². The van der Waals surface area contributed by atoms with Crippen molar-refractivity contribution >= 4 is 5.91 Å². The van der Waals surface area contributed by atoms with E-state index in [9.17, 15) is 61.0 Å². The third kappa shape index (κ3) is 30.1. The van der Waals surface area contributed by atoms with Crippen molar-refractivity contribution in [2.45, 2.75) is 330 Å². The van der Waals surface area contributed by atoms with Crippen LogP contribution in [0, 0.1) is 0 Å². The highest BCUT2D eigenvalue weighted by Gasteiger charge is 2.51. The van der Waals surface area contributed by atoms with Gasteiger partial charge in [-0.05, 0) is 32.1 Å². The Morgan fingerprint density at radius 3 is 1.39 bits per heavy atom. The van der Waals surface area contributed by atoms with E-state index in [-0.39, 0.29) is 12.8 Å². The van der Waals surface area contributed by atoms with Crippen molar-refractivity contribution in [3.8, 4) is 0 Å². The van der Waals surface area contributed by atoms with Gasteiger partial charge < -0.3 is 80.4 Å². The van der Waals surface area contributed by atoms with Gasteiger partial charge in [-0.25, -0.2) is 0 Å². The van der Waals surface area contributed by atoms with Crippen LogP contribution in [0.4, 0.5) is 0 Å². The minimum Gasteiger partial charge on any atom is -0.394 e. The zero-order chi connectivity index (χ0) is 55.1. The van der Waals surface area contributed by atoms with Crippen LogP contribution in [0.5, 0.6) is 0 Å². The first-order valence-corrected chi connectivity index (χ1v) is 30.2. The Labute approximate surface area is 452 Å². The van der Waals surface area contributed by atoms with Crippen molar-refractivity contribution in [3.05, 3.63) is 12.2 Å². The number of allylic oxidation sites excluding steroid dienone is 2. The maximum Gasteiger partial charge on any atom is 0.249 e. The predicted molar refractivity (Wildman–Crippen MR) is 290 cm³/mol. The number of carbonyl (C=O) groups is 1. The highest BCUT2D eigenvalue weighted by Crippen LogP contribution is 2.30. The molecule has 2 rings (SSSR count). The van der Waals surface area contributed by atoms with Crippen molar-refractivity contribution < 1.29 is 79.9 Å². The molecule has 0 spiro atoms. The molecule has 15 atom stereocenters. The van der Waals surface area contributed by atoms with Crippen LogP contribution < -0.4 is 5.32 Å². The molecule has 444 valence electrons. The molecule has 0 bridgehead atoms. The summed E-state index contributed by atoms with van der Waals surface area (Å²) in [6.07, 6.45) is 20.1. The summed E-state index contributed by atoms with van der Waals surface area (Å²) in [4.78, 5) is 13.4. The van der Waals surface area contributed by atoms with Crippen molar-refractivity contribution in [2.24, 2.45) is 0 Å².